The monoisotopic (exact) mass is 618 g/mol. The number of rotatable bonds is 9. The molecule has 45 heavy (non-hydrogen) atoms. The first-order valence-corrected chi connectivity index (χ1v) is 15.6. The summed E-state index contributed by atoms with van der Waals surface area (Å²) in [7, 11) is 0. The predicted octanol–water partition coefficient (Wildman–Crippen LogP) is 7.06. The Morgan fingerprint density at radius 2 is 1.24 bits per heavy atom. The van der Waals surface area contributed by atoms with Gasteiger partial charge in [0.2, 0.25) is 0 Å². The SMILES string of the molecule is C.CCOC1CCC(n2cc(N)c(-c3ccccn3)n2)CC1.CCOC1CCC(n2cc([N+](=O)[O-])c(-c3ccccn3)n2)CC1. The van der Waals surface area contributed by atoms with Crippen LogP contribution in [0.1, 0.15) is 84.7 Å². The number of ether oxygens (including phenoxy) is 2. The van der Waals surface area contributed by atoms with Crippen molar-refractivity contribution in [2.75, 3.05) is 18.9 Å². The first kappa shape index (κ1) is 33.7. The number of nitro groups is 1. The van der Waals surface area contributed by atoms with Gasteiger partial charge >= 0.3 is 5.69 Å². The van der Waals surface area contributed by atoms with Gasteiger partial charge in [-0.2, -0.15) is 10.2 Å². The Morgan fingerprint density at radius 1 is 0.778 bits per heavy atom. The van der Waals surface area contributed by atoms with Crippen molar-refractivity contribution in [3.63, 3.8) is 0 Å². The van der Waals surface area contributed by atoms with Crippen LogP contribution >= 0.6 is 0 Å². The van der Waals surface area contributed by atoms with E-state index in [2.05, 4.69) is 27.1 Å². The first-order chi connectivity index (χ1) is 21.5. The molecular formula is C33H46N8O4. The van der Waals surface area contributed by atoms with Crippen molar-refractivity contribution in [2.45, 2.75) is 96.9 Å². The van der Waals surface area contributed by atoms with Gasteiger partial charge in [-0.3, -0.25) is 29.4 Å². The molecule has 242 valence electrons. The summed E-state index contributed by atoms with van der Waals surface area (Å²) in [6.45, 7) is 5.59. The van der Waals surface area contributed by atoms with Gasteiger partial charge in [-0.25, -0.2) is 0 Å². The molecule has 4 aromatic rings. The molecule has 2 N–H and O–H groups in total. The Hall–Kier alpha value is -4.16. The van der Waals surface area contributed by atoms with Gasteiger partial charge in [-0.1, -0.05) is 19.6 Å². The van der Waals surface area contributed by atoms with E-state index in [1.54, 1.807) is 35.3 Å². The third-order valence-corrected chi connectivity index (χ3v) is 8.33. The summed E-state index contributed by atoms with van der Waals surface area (Å²) in [5.41, 5.74) is 9.29. The highest BCUT2D eigenvalue weighted by Crippen LogP contribution is 2.34. The Morgan fingerprint density at radius 3 is 1.69 bits per heavy atom. The molecule has 0 amide bonds. The quantitative estimate of drug-likeness (QED) is 0.154. The second-order valence-corrected chi connectivity index (χ2v) is 11.2. The van der Waals surface area contributed by atoms with Crippen LogP contribution in [0, 0.1) is 10.1 Å². The summed E-state index contributed by atoms with van der Waals surface area (Å²) >= 11 is 0. The standard InChI is InChI=1S/C16H20N4O3.C16H22N4O.CH4/c1-2-23-13-8-6-12(7-9-13)19-11-15(20(21)22)16(18-19)14-5-3-4-10-17-14;1-2-21-13-8-6-12(7-9-13)20-11-14(17)16(19-20)15-5-3-4-10-18-15;/h3-5,10-13H,2,6-9H2,1H3;3-5,10-13H,2,6-9,17H2,1H3;1H4. The molecule has 0 atom stereocenters. The molecule has 0 aliphatic heterocycles. The van der Waals surface area contributed by atoms with Crippen molar-refractivity contribution < 1.29 is 14.4 Å². The molecule has 0 spiro atoms. The zero-order valence-corrected chi connectivity index (χ0v) is 25.5. The number of nitrogens with two attached hydrogens (primary N) is 1. The summed E-state index contributed by atoms with van der Waals surface area (Å²) in [4.78, 5) is 19.5. The molecule has 0 radical (unpaired) electrons. The van der Waals surface area contributed by atoms with E-state index in [0.29, 0.717) is 35.3 Å². The molecule has 12 nitrogen and oxygen atoms in total. The summed E-state index contributed by atoms with van der Waals surface area (Å²) < 4.78 is 15.1. The normalized spacial score (nSPS) is 21.3. The van der Waals surface area contributed by atoms with Crippen molar-refractivity contribution in [2.24, 2.45) is 0 Å². The van der Waals surface area contributed by atoms with Gasteiger partial charge in [-0.05, 0) is 89.5 Å². The average molecular weight is 619 g/mol. The van der Waals surface area contributed by atoms with E-state index < -0.39 is 0 Å². The fourth-order valence-electron chi connectivity index (χ4n) is 6.11. The summed E-state index contributed by atoms with van der Waals surface area (Å²) in [5, 5.41) is 20.5. The van der Waals surface area contributed by atoms with Crippen LogP contribution in [0.5, 0.6) is 0 Å². The van der Waals surface area contributed by atoms with Crippen LogP contribution < -0.4 is 5.73 Å². The average Bonchev–Trinajstić information content (AvgIpc) is 3.68. The van der Waals surface area contributed by atoms with Gasteiger partial charge < -0.3 is 15.2 Å². The molecule has 6 rings (SSSR count). The predicted molar refractivity (Wildman–Crippen MR) is 175 cm³/mol. The molecule has 2 fully saturated rings. The molecule has 0 unspecified atom stereocenters. The molecule has 4 aromatic heterocycles. The zero-order valence-electron chi connectivity index (χ0n) is 25.5. The van der Waals surface area contributed by atoms with Gasteiger partial charge in [0.1, 0.15) is 11.9 Å². The second-order valence-electron chi connectivity index (χ2n) is 11.2. The lowest BCUT2D eigenvalue weighted by Gasteiger charge is -2.28. The summed E-state index contributed by atoms with van der Waals surface area (Å²) in [5.74, 6) is 0. The lowest BCUT2D eigenvalue weighted by Crippen LogP contribution is -2.24. The minimum atomic E-state index is -0.390. The van der Waals surface area contributed by atoms with Crippen LogP contribution in [0.4, 0.5) is 11.4 Å². The molecular weight excluding hydrogens is 572 g/mol. The van der Waals surface area contributed by atoms with Crippen LogP contribution in [0.15, 0.2) is 61.2 Å². The molecule has 4 heterocycles. The van der Waals surface area contributed by atoms with E-state index in [-0.39, 0.29) is 24.1 Å². The highest BCUT2D eigenvalue weighted by Gasteiger charge is 2.28. The van der Waals surface area contributed by atoms with Gasteiger partial charge in [-0.15, -0.1) is 0 Å². The van der Waals surface area contributed by atoms with Gasteiger partial charge in [0, 0.05) is 31.8 Å². The third kappa shape index (κ3) is 8.52. The van der Waals surface area contributed by atoms with Crippen LogP contribution in [-0.2, 0) is 9.47 Å². The smallest absolute Gasteiger partial charge is 0.316 e. The first-order valence-electron chi connectivity index (χ1n) is 15.6. The topological polar surface area (TPSA) is 149 Å². The molecule has 0 saturated heterocycles. The van der Waals surface area contributed by atoms with Crippen LogP contribution in [0.25, 0.3) is 22.8 Å². The molecule has 12 heteroatoms. The van der Waals surface area contributed by atoms with Crippen molar-refractivity contribution in [3.8, 4) is 22.8 Å². The number of hydrogen-bond donors (Lipinski definition) is 1. The summed E-state index contributed by atoms with van der Waals surface area (Å²) in [6, 6.07) is 11.7. The lowest BCUT2D eigenvalue weighted by molar-refractivity contribution is -0.384. The Labute approximate surface area is 265 Å². The number of nitrogens with zero attached hydrogens (tertiary/aromatic N) is 7. The highest BCUT2D eigenvalue weighted by molar-refractivity contribution is 5.68. The number of pyridine rings is 2. The van der Waals surface area contributed by atoms with E-state index in [0.717, 1.165) is 76.0 Å². The zero-order chi connectivity index (χ0) is 30.9. The molecule has 0 bridgehead atoms. The Balaban J connectivity index is 0.000000201. The minimum absolute atomic E-state index is 0. The molecule has 0 aromatic carbocycles. The maximum atomic E-state index is 11.3. The van der Waals surface area contributed by atoms with E-state index in [9.17, 15) is 10.1 Å². The number of nitrogen functional groups attached to an aromatic ring is 1. The molecule has 2 aliphatic rings. The molecule has 2 saturated carbocycles. The maximum Gasteiger partial charge on any atom is 0.316 e. The minimum Gasteiger partial charge on any atom is -0.396 e. The van der Waals surface area contributed by atoms with Gasteiger partial charge in [0.25, 0.3) is 0 Å². The van der Waals surface area contributed by atoms with Crippen molar-refractivity contribution in [3.05, 3.63) is 71.3 Å². The van der Waals surface area contributed by atoms with Crippen LogP contribution in [0.3, 0.4) is 0 Å². The second kappa shape index (κ2) is 16.2. The van der Waals surface area contributed by atoms with Crippen molar-refractivity contribution in [1.29, 1.82) is 0 Å². The number of anilines is 1. The lowest BCUT2D eigenvalue weighted by atomic mass is 9.93. The molecule has 2 aliphatic carbocycles. The van der Waals surface area contributed by atoms with Gasteiger partial charge in [0.05, 0.1) is 46.3 Å². The largest absolute Gasteiger partial charge is 0.396 e. The Kier molecular flexibility index (Phi) is 12.2. The van der Waals surface area contributed by atoms with E-state index in [1.807, 2.05) is 36.0 Å². The van der Waals surface area contributed by atoms with E-state index in [1.165, 1.54) is 6.20 Å². The number of hydrogen-bond acceptors (Lipinski definition) is 9. The van der Waals surface area contributed by atoms with Crippen molar-refractivity contribution >= 4 is 11.4 Å². The third-order valence-electron chi connectivity index (χ3n) is 8.33. The van der Waals surface area contributed by atoms with Gasteiger partial charge in [0.15, 0.2) is 5.69 Å². The van der Waals surface area contributed by atoms with Crippen LogP contribution in [-0.4, -0.2) is 59.9 Å². The maximum absolute atomic E-state index is 11.3. The van der Waals surface area contributed by atoms with E-state index >= 15 is 0 Å². The van der Waals surface area contributed by atoms with E-state index in [4.69, 9.17) is 15.2 Å². The number of aromatic nitrogens is 6. The fraction of sp³-hybridized carbons (Fsp3) is 0.515. The highest BCUT2D eigenvalue weighted by atomic mass is 16.6. The summed E-state index contributed by atoms with van der Waals surface area (Å²) in [6.07, 6.45) is 15.7. The Bertz CT molecular complexity index is 1460. The van der Waals surface area contributed by atoms with Crippen LogP contribution in [0.2, 0.25) is 0 Å². The fourth-order valence-corrected chi connectivity index (χ4v) is 6.11. The van der Waals surface area contributed by atoms with Crippen molar-refractivity contribution in [1.82, 2.24) is 29.5 Å².